The SMILES string of the molecule is CCc1ccc(N[C@H]2NC(=O)/C(=C/[C@@H]3C(=O)N(c4ccccc4)N=C3C)S2)cc1. The highest BCUT2D eigenvalue weighted by molar-refractivity contribution is 8.05. The molecular formula is C22H22N4O2S. The van der Waals surface area contributed by atoms with Crippen molar-refractivity contribution in [3.63, 3.8) is 0 Å². The molecule has 148 valence electrons. The minimum absolute atomic E-state index is 0.152. The predicted octanol–water partition coefficient (Wildman–Crippen LogP) is 3.73. The molecule has 1 saturated heterocycles. The predicted molar refractivity (Wildman–Crippen MR) is 118 cm³/mol. The molecule has 0 saturated carbocycles. The van der Waals surface area contributed by atoms with E-state index in [9.17, 15) is 9.59 Å². The maximum atomic E-state index is 12.9. The van der Waals surface area contributed by atoms with Gasteiger partial charge in [0.25, 0.3) is 11.8 Å². The Morgan fingerprint density at radius 3 is 2.55 bits per heavy atom. The summed E-state index contributed by atoms with van der Waals surface area (Å²) < 4.78 is 0. The van der Waals surface area contributed by atoms with E-state index in [4.69, 9.17) is 0 Å². The minimum atomic E-state index is -0.536. The van der Waals surface area contributed by atoms with E-state index < -0.39 is 5.92 Å². The Balaban J connectivity index is 1.46. The lowest BCUT2D eigenvalue weighted by molar-refractivity contribution is -0.118. The number of aryl methyl sites for hydroxylation is 1. The van der Waals surface area contributed by atoms with Crippen molar-refractivity contribution in [3.8, 4) is 0 Å². The average Bonchev–Trinajstić information content (AvgIpc) is 3.23. The van der Waals surface area contributed by atoms with E-state index in [2.05, 4.69) is 34.8 Å². The van der Waals surface area contributed by atoms with E-state index in [1.165, 1.54) is 22.3 Å². The molecule has 0 radical (unpaired) electrons. The molecule has 0 bridgehead atoms. The first-order valence-electron chi connectivity index (χ1n) is 9.54. The first-order chi connectivity index (χ1) is 14.0. The highest BCUT2D eigenvalue weighted by atomic mass is 32.2. The van der Waals surface area contributed by atoms with Crippen LogP contribution >= 0.6 is 11.8 Å². The molecule has 2 aliphatic rings. The highest BCUT2D eigenvalue weighted by Crippen LogP contribution is 2.32. The van der Waals surface area contributed by atoms with Gasteiger partial charge in [0.15, 0.2) is 5.50 Å². The molecule has 0 aromatic heterocycles. The number of para-hydroxylation sites is 1. The van der Waals surface area contributed by atoms with Crippen molar-refractivity contribution in [1.29, 1.82) is 0 Å². The van der Waals surface area contributed by atoms with Gasteiger partial charge in [0.05, 0.1) is 22.2 Å². The number of thioether (sulfide) groups is 1. The van der Waals surface area contributed by atoms with Crippen LogP contribution in [0.3, 0.4) is 0 Å². The first-order valence-corrected chi connectivity index (χ1v) is 10.4. The summed E-state index contributed by atoms with van der Waals surface area (Å²) in [6.45, 7) is 3.92. The van der Waals surface area contributed by atoms with Gasteiger partial charge in [0.1, 0.15) is 0 Å². The number of rotatable bonds is 5. The van der Waals surface area contributed by atoms with Gasteiger partial charge < -0.3 is 10.6 Å². The van der Waals surface area contributed by atoms with E-state index in [-0.39, 0.29) is 17.3 Å². The zero-order valence-electron chi connectivity index (χ0n) is 16.3. The quantitative estimate of drug-likeness (QED) is 0.742. The molecule has 2 N–H and O–H groups in total. The summed E-state index contributed by atoms with van der Waals surface area (Å²) in [7, 11) is 0. The third-order valence-electron chi connectivity index (χ3n) is 4.89. The van der Waals surface area contributed by atoms with Gasteiger partial charge in [-0.1, -0.05) is 49.0 Å². The van der Waals surface area contributed by atoms with E-state index in [1.807, 2.05) is 49.4 Å². The highest BCUT2D eigenvalue weighted by Gasteiger charge is 2.36. The van der Waals surface area contributed by atoms with Crippen molar-refractivity contribution in [2.45, 2.75) is 25.8 Å². The Morgan fingerprint density at radius 1 is 1.14 bits per heavy atom. The fourth-order valence-corrected chi connectivity index (χ4v) is 4.24. The number of benzene rings is 2. The molecular weight excluding hydrogens is 384 g/mol. The number of anilines is 2. The summed E-state index contributed by atoms with van der Waals surface area (Å²) >= 11 is 1.38. The molecule has 2 aromatic carbocycles. The number of hydrogen-bond donors (Lipinski definition) is 2. The topological polar surface area (TPSA) is 73.8 Å². The van der Waals surface area contributed by atoms with Crippen LogP contribution < -0.4 is 15.6 Å². The second kappa shape index (κ2) is 8.13. The zero-order chi connectivity index (χ0) is 20.4. The standard InChI is InChI=1S/C22H22N4O2S/c1-3-15-9-11-16(12-10-15)23-22-24-20(27)19(29-22)13-18-14(2)25-26(21(18)28)17-7-5-4-6-8-17/h4-13,18,22-23H,3H2,1-2H3,(H,24,27)/b19-13-/t18-,22-/m0/s1. The summed E-state index contributed by atoms with van der Waals surface area (Å²) in [6.07, 6.45) is 2.70. The number of carbonyl (C=O) groups excluding carboxylic acids is 2. The van der Waals surface area contributed by atoms with Gasteiger partial charge in [0, 0.05) is 5.69 Å². The summed E-state index contributed by atoms with van der Waals surface area (Å²) in [5.41, 5.74) is 3.31. The normalized spacial score (nSPS) is 22.8. The summed E-state index contributed by atoms with van der Waals surface area (Å²) in [6, 6.07) is 17.4. The van der Waals surface area contributed by atoms with Gasteiger partial charge in [-0.05, 0) is 49.2 Å². The molecule has 0 aliphatic carbocycles. The molecule has 0 spiro atoms. The Kier molecular flexibility index (Phi) is 5.40. The van der Waals surface area contributed by atoms with E-state index in [1.54, 1.807) is 6.08 Å². The average molecular weight is 407 g/mol. The zero-order valence-corrected chi connectivity index (χ0v) is 17.1. The smallest absolute Gasteiger partial charge is 0.260 e. The second-order valence-electron chi connectivity index (χ2n) is 6.90. The van der Waals surface area contributed by atoms with E-state index in [0.717, 1.165) is 17.8 Å². The van der Waals surface area contributed by atoms with Gasteiger partial charge >= 0.3 is 0 Å². The molecule has 0 unspecified atom stereocenters. The van der Waals surface area contributed by atoms with Crippen molar-refractivity contribution in [2.24, 2.45) is 11.0 Å². The Bertz CT molecular complexity index is 986. The van der Waals surface area contributed by atoms with Gasteiger partial charge in [-0.15, -0.1) is 0 Å². The largest absolute Gasteiger partial charge is 0.357 e. The molecule has 29 heavy (non-hydrogen) atoms. The molecule has 7 heteroatoms. The van der Waals surface area contributed by atoms with Gasteiger partial charge in [-0.25, -0.2) is 0 Å². The Hall–Kier alpha value is -3.06. The van der Waals surface area contributed by atoms with Crippen LogP contribution in [0.15, 0.2) is 70.7 Å². The van der Waals surface area contributed by atoms with Gasteiger partial charge in [-0.2, -0.15) is 10.1 Å². The summed E-state index contributed by atoms with van der Waals surface area (Å²) in [5, 5.41) is 12.0. The lowest BCUT2D eigenvalue weighted by Crippen LogP contribution is -2.31. The number of nitrogens with zero attached hydrogens (tertiary/aromatic N) is 2. The van der Waals surface area contributed by atoms with Crippen LogP contribution in [0.25, 0.3) is 0 Å². The molecule has 1 fully saturated rings. The summed E-state index contributed by atoms with van der Waals surface area (Å²) in [4.78, 5) is 25.8. The van der Waals surface area contributed by atoms with Crippen molar-refractivity contribution < 1.29 is 9.59 Å². The van der Waals surface area contributed by atoms with Crippen molar-refractivity contribution in [1.82, 2.24) is 5.32 Å². The van der Waals surface area contributed by atoms with Crippen LogP contribution in [0.2, 0.25) is 0 Å². The van der Waals surface area contributed by atoms with E-state index >= 15 is 0 Å². The van der Waals surface area contributed by atoms with Gasteiger partial charge in [-0.3, -0.25) is 9.59 Å². The maximum absolute atomic E-state index is 12.9. The van der Waals surface area contributed by atoms with Crippen LogP contribution in [0.4, 0.5) is 11.4 Å². The molecule has 2 atom stereocenters. The van der Waals surface area contributed by atoms with Crippen molar-refractivity contribution >= 4 is 40.7 Å². The number of carbonyl (C=O) groups is 2. The first kappa shape index (κ1) is 19.3. The van der Waals surface area contributed by atoms with Crippen LogP contribution in [0, 0.1) is 5.92 Å². The fourth-order valence-electron chi connectivity index (χ4n) is 3.25. The monoisotopic (exact) mass is 406 g/mol. The maximum Gasteiger partial charge on any atom is 0.260 e. The molecule has 2 aliphatic heterocycles. The minimum Gasteiger partial charge on any atom is -0.357 e. The lowest BCUT2D eigenvalue weighted by atomic mass is 10.0. The lowest BCUT2D eigenvalue weighted by Gasteiger charge is -2.13. The molecule has 4 rings (SSSR count). The second-order valence-corrected chi connectivity index (χ2v) is 8.05. The number of hydrogen-bond acceptors (Lipinski definition) is 5. The summed E-state index contributed by atoms with van der Waals surface area (Å²) in [5.74, 6) is -0.872. The fraction of sp³-hybridized carbons (Fsp3) is 0.227. The number of nitrogens with one attached hydrogen (secondary N) is 2. The number of hydrazone groups is 1. The van der Waals surface area contributed by atoms with Crippen LogP contribution in [-0.2, 0) is 16.0 Å². The number of amides is 2. The van der Waals surface area contributed by atoms with Crippen molar-refractivity contribution in [3.05, 3.63) is 71.1 Å². The van der Waals surface area contributed by atoms with Crippen molar-refractivity contribution in [2.75, 3.05) is 10.3 Å². The molecule has 2 amide bonds. The Labute approximate surface area is 174 Å². The van der Waals surface area contributed by atoms with E-state index in [0.29, 0.717) is 10.6 Å². The molecule has 6 nitrogen and oxygen atoms in total. The van der Waals surface area contributed by atoms with Crippen LogP contribution in [0.1, 0.15) is 19.4 Å². The third kappa shape index (κ3) is 4.05. The Morgan fingerprint density at radius 2 is 1.86 bits per heavy atom. The van der Waals surface area contributed by atoms with Crippen LogP contribution in [0.5, 0.6) is 0 Å². The van der Waals surface area contributed by atoms with Gasteiger partial charge in [0.2, 0.25) is 0 Å². The molecule has 2 heterocycles. The third-order valence-corrected chi connectivity index (χ3v) is 5.94. The van der Waals surface area contributed by atoms with Crippen LogP contribution in [-0.4, -0.2) is 23.0 Å². The molecule has 2 aromatic rings.